The predicted octanol–water partition coefficient (Wildman–Crippen LogP) is 3.85. The molecule has 0 spiro atoms. The van der Waals surface area contributed by atoms with Gasteiger partial charge in [0.05, 0.1) is 10.7 Å². The van der Waals surface area contributed by atoms with Crippen molar-refractivity contribution in [2.24, 2.45) is 0 Å². The maximum Gasteiger partial charge on any atom is 0.258 e. The molecule has 0 saturated carbocycles. The van der Waals surface area contributed by atoms with Gasteiger partial charge >= 0.3 is 0 Å². The van der Waals surface area contributed by atoms with E-state index in [1.807, 2.05) is 24.3 Å². The first-order chi connectivity index (χ1) is 11.0. The largest absolute Gasteiger partial charge is 0.305 e. The summed E-state index contributed by atoms with van der Waals surface area (Å²) in [5.41, 5.74) is 2.25. The zero-order valence-corrected chi connectivity index (χ0v) is 14.0. The SMILES string of the molecule is CC(NCc1cc(=O)n2cc(Cl)ccc2n1)c1ccc(Cl)cc1. The van der Waals surface area contributed by atoms with Crippen LogP contribution in [0.1, 0.15) is 24.2 Å². The first-order valence-electron chi connectivity index (χ1n) is 7.19. The molecule has 1 atom stereocenters. The van der Waals surface area contributed by atoms with Crippen LogP contribution in [0.15, 0.2) is 53.5 Å². The summed E-state index contributed by atoms with van der Waals surface area (Å²) in [5, 5.41) is 4.57. The fourth-order valence-corrected chi connectivity index (χ4v) is 2.63. The zero-order valence-electron chi connectivity index (χ0n) is 12.5. The first-order valence-corrected chi connectivity index (χ1v) is 7.95. The molecular weight excluding hydrogens is 333 g/mol. The van der Waals surface area contributed by atoms with E-state index in [4.69, 9.17) is 23.2 Å². The van der Waals surface area contributed by atoms with E-state index in [1.165, 1.54) is 10.5 Å². The van der Waals surface area contributed by atoms with Crippen molar-refractivity contribution >= 4 is 28.8 Å². The molecule has 2 heterocycles. The van der Waals surface area contributed by atoms with Crippen LogP contribution in [0.3, 0.4) is 0 Å². The van der Waals surface area contributed by atoms with Gasteiger partial charge < -0.3 is 5.32 Å². The Labute approximate surface area is 143 Å². The minimum atomic E-state index is -0.145. The number of fused-ring (bicyclic) bond motifs is 1. The molecule has 3 rings (SSSR count). The summed E-state index contributed by atoms with van der Waals surface area (Å²) in [6.45, 7) is 2.55. The van der Waals surface area contributed by atoms with Gasteiger partial charge in [-0.05, 0) is 36.8 Å². The van der Waals surface area contributed by atoms with Crippen molar-refractivity contribution in [3.8, 4) is 0 Å². The summed E-state index contributed by atoms with van der Waals surface area (Å²) in [6, 6.07) is 12.8. The van der Waals surface area contributed by atoms with Crippen molar-refractivity contribution in [1.29, 1.82) is 0 Å². The number of nitrogens with one attached hydrogen (secondary N) is 1. The highest BCUT2D eigenvalue weighted by Crippen LogP contribution is 2.16. The van der Waals surface area contributed by atoms with Crippen LogP contribution in [0.25, 0.3) is 5.65 Å². The predicted molar refractivity (Wildman–Crippen MR) is 93.2 cm³/mol. The molecule has 1 unspecified atom stereocenters. The number of aromatic nitrogens is 2. The summed E-state index contributed by atoms with van der Waals surface area (Å²) in [4.78, 5) is 16.6. The molecule has 0 amide bonds. The molecular formula is C17H15Cl2N3O. The van der Waals surface area contributed by atoms with Gasteiger partial charge in [0.15, 0.2) is 0 Å². The number of benzene rings is 1. The van der Waals surface area contributed by atoms with Gasteiger partial charge in [-0.2, -0.15) is 0 Å². The average molecular weight is 348 g/mol. The summed E-state index contributed by atoms with van der Waals surface area (Å²) in [6.07, 6.45) is 1.57. The number of hydrogen-bond donors (Lipinski definition) is 1. The zero-order chi connectivity index (χ0) is 16.4. The van der Waals surface area contributed by atoms with Crippen LogP contribution in [-0.2, 0) is 6.54 Å². The van der Waals surface area contributed by atoms with E-state index < -0.39 is 0 Å². The van der Waals surface area contributed by atoms with Crippen LogP contribution < -0.4 is 10.9 Å². The highest BCUT2D eigenvalue weighted by Gasteiger charge is 2.07. The van der Waals surface area contributed by atoms with Crippen LogP contribution in [0, 0.1) is 0 Å². The van der Waals surface area contributed by atoms with Crippen LogP contribution in [0.2, 0.25) is 10.0 Å². The summed E-state index contributed by atoms with van der Waals surface area (Å²) in [7, 11) is 0. The first kappa shape index (κ1) is 16.0. The topological polar surface area (TPSA) is 46.4 Å². The number of hydrogen-bond acceptors (Lipinski definition) is 3. The van der Waals surface area contributed by atoms with Gasteiger partial charge in [-0.25, -0.2) is 4.98 Å². The summed E-state index contributed by atoms with van der Waals surface area (Å²) in [5.74, 6) is 0. The van der Waals surface area contributed by atoms with E-state index >= 15 is 0 Å². The quantitative estimate of drug-likeness (QED) is 0.779. The van der Waals surface area contributed by atoms with Gasteiger partial charge in [0.2, 0.25) is 0 Å². The Hall–Kier alpha value is -1.88. The van der Waals surface area contributed by atoms with E-state index in [2.05, 4.69) is 17.2 Å². The molecule has 2 aromatic heterocycles. The average Bonchev–Trinajstić information content (AvgIpc) is 2.54. The Balaban J connectivity index is 1.78. The van der Waals surface area contributed by atoms with Crippen molar-refractivity contribution in [3.63, 3.8) is 0 Å². The molecule has 0 aliphatic carbocycles. The highest BCUT2D eigenvalue weighted by atomic mass is 35.5. The summed E-state index contributed by atoms with van der Waals surface area (Å²) < 4.78 is 1.44. The lowest BCUT2D eigenvalue weighted by Gasteiger charge is -2.14. The minimum absolute atomic E-state index is 0.123. The van der Waals surface area contributed by atoms with E-state index in [9.17, 15) is 4.79 Å². The number of rotatable bonds is 4. The van der Waals surface area contributed by atoms with Gasteiger partial charge in [-0.1, -0.05) is 35.3 Å². The van der Waals surface area contributed by atoms with Gasteiger partial charge in [0.1, 0.15) is 5.65 Å². The van der Waals surface area contributed by atoms with E-state index in [-0.39, 0.29) is 11.6 Å². The standard InChI is InChI=1S/C17H15Cl2N3O/c1-11(12-2-4-13(18)5-3-12)20-9-15-8-17(23)22-10-14(19)6-7-16(22)21-15/h2-8,10-11,20H,9H2,1H3. The number of nitrogens with zero attached hydrogens (tertiary/aromatic N) is 2. The molecule has 0 aliphatic heterocycles. The second-order valence-electron chi connectivity index (χ2n) is 5.32. The highest BCUT2D eigenvalue weighted by molar-refractivity contribution is 6.30. The molecule has 4 nitrogen and oxygen atoms in total. The van der Waals surface area contributed by atoms with Crippen molar-refractivity contribution < 1.29 is 0 Å². The third kappa shape index (κ3) is 3.72. The monoisotopic (exact) mass is 347 g/mol. The Morgan fingerprint density at radius 2 is 1.83 bits per heavy atom. The van der Waals surface area contributed by atoms with Gasteiger partial charge in [0, 0.05) is 29.9 Å². The lowest BCUT2D eigenvalue weighted by atomic mass is 10.1. The van der Waals surface area contributed by atoms with Crippen LogP contribution in [0.5, 0.6) is 0 Å². The fourth-order valence-electron chi connectivity index (χ4n) is 2.34. The van der Waals surface area contributed by atoms with Crippen LogP contribution in [-0.4, -0.2) is 9.38 Å². The van der Waals surface area contributed by atoms with Crippen LogP contribution >= 0.6 is 23.2 Å². The molecule has 0 bridgehead atoms. The van der Waals surface area contributed by atoms with Crippen molar-refractivity contribution in [2.75, 3.05) is 0 Å². The molecule has 3 aromatic rings. The maximum absolute atomic E-state index is 12.1. The lowest BCUT2D eigenvalue weighted by molar-refractivity contribution is 0.567. The molecule has 1 aromatic carbocycles. The molecule has 6 heteroatoms. The van der Waals surface area contributed by atoms with E-state index in [1.54, 1.807) is 18.3 Å². The molecule has 0 fully saturated rings. The molecule has 23 heavy (non-hydrogen) atoms. The van der Waals surface area contributed by atoms with E-state index in [0.29, 0.717) is 27.9 Å². The van der Waals surface area contributed by atoms with Crippen LogP contribution in [0.4, 0.5) is 0 Å². The smallest absolute Gasteiger partial charge is 0.258 e. The maximum atomic E-state index is 12.1. The van der Waals surface area contributed by atoms with Gasteiger partial charge in [-0.3, -0.25) is 9.20 Å². The fraction of sp³-hybridized carbons (Fsp3) is 0.176. The van der Waals surface area contributed by atoms with Crippen molar-refractivity contribution in [3.05, 3.63) is 80.3 Å². The normalized spacial score (nSPS) is 12.5. The van der Waals surface area contributed by atoms with Crippen molar-refractivity contribution in [2.45, 2.75) is 19.5 Å². The number of halogens is 2. The minimum Gasteiger partial charge on any atom is -0.305 e. The lowest BCUT2D eigenvalue weighted by Crippen LogP contribution is -2.22. The van der Waals surface area contributed by atoms with Gasteiger partial charge in [0.25, 0.3) is 5.56 Å². The summed E-state index contributed by atoms with van der Waals surface area (Å²) >= 11 is 11.8. The third-order valence-corrected chi connectivity index (χ3v) is 4.11. The Morgan fingerprint density at radius 3 is 2.57 bits per heavy atom. The molecule has 118 valence electrons. The van der Waals surface area contributed by atoms with Gasteiger partial charge in [-0.15, -0.1) is 0 Å². The molecule has 0 saturated heterocycles. The molecule has 1 N–H and O–H groups in total. The number of pyridine rings is 1. The second-order valence-corrected chi connectivity index (χ2v) is 6.19. The second kappa shape index (κ2) is 6.71. The Morgan fingerprint density at radius 1 is 1.13 bits per heavy atom. The molecule has 0 aliphatic rings. The van der Waals surface area contributed by atoms with E-state index in [0.717, 1.165) is 5.56 Å². The Bertz CT molecular complexity index is 890. The third-order valence-electron chi connectivity index (χ3n) is 3.64. The Kier molecular flexibility index (Phi) is 4.66. The van der Waals surface area contributed by atoms with Crippen molar-refractivity contribution in [1.82, 2.24) is 14.7 Å². The molecule has 0 radical (unpaired) electrons.